The van der Waals surface area contributed by atoms with Crippen LogP contribution >= 0.6 is 12.2 Å². The lowest BCUT2D eigenvalue weighted by Gasteiger charge is -2.22. The number of carbonyl (C=O) groups excluding carboxylic acids is 1. The lowest BCUT2D eigenvalue weighted by molar-refractivity contribution is -0.126. The quantitative estimate of drug-likeness (QED) is 0.679. The molecule has 26 heavy (non-hydrogen) atoms. The zero-order chi connectivity index (χ0) is 18.5. The number of hydrogen-bond donors (Lipinski definition) is 0. The summed E-state index contributed by atoms with van der Waals surface area (Å²) in [5.74, 6) is 0.873. The molecule has 0 saturated carbocycles. The van der Waals surface area contributed by atoms with E-state index in [1.807, 2.05) is 66.4 Å². The van der Waals surface area contributed by atoms with Gasteiger partial charge < -0.3 is 9.64 Å². The standard InChI is InChI=1S/C21H24N2O2S/c1-3-4-14-22-20(24)16(2)23(21(22)26)18-10-12-19(13-11-18)25-15-17-8-6-5-7-9-17/h5-13,16H,3-4,14-15H2,1-2H3. The molecule has 5 heteroatoms. The number of anilines is 1. The van der Waals surface area contributed by atoms with Crippen LogP contribution in [-0.4, -0.2) is 28.5 Å². The van der Waals surface area contributed by atoms with E-state index in [4.69, 9.17) is 17.0 Å². The van der Waals surface area contributed by atoms with Crippen LogP contribution in [-0.2, 0) is 11.4 Å². The maximum Gasteiger partial charge on any atom is 0.251 e. The van der Waals surface area contributed by atoms with E-state index in [0.29, 0.717) is 18.3 Å². The minimum Gasteiger partial charge on any atom is -0.489 e. The minimum atomic E-state index is -0.268. The van der Waals surface area contributed by atoms with Crippen molar-refractivity contribution in [1.82, 2.24) is 4.90 Å². The molecule has 1 saturated heterocycles. The molecule has 1 atom stereocenters. The summed E-state index contributed by atoms with van der Waals surface area (Å²) in [5.41, 5.74) is 2.05. The highest BCUT2D eigenvalue weighted by Crippen LogP contribution is 2.28. The van der Waals surface area contributed by atoms with Crippen LogP contribution in [0.2, 0.25) is 0 Å². The summed E-state index contributed by atoms with van der Waals surface area (Å²) in [4.78, 5) is 16.2. The molecular weight excluding hydrogens is 344 g/mol. The largest absolute Gasteiger partial charge is 0.489 e. The number of ether oxygens (including phenoxy) is 1. The number of benzene rings is 2. The van der Waals surface area contributed by atoms with Crippen LogP contribution in [0, 0.1) is 0 Å². The van der Waals surface area contributed by atoms with Crippen LogP contribution in [0.3, 0.4) is 0 Å². The first-order chi connectivity index (χ1) is 12.6. The molecular formula is C21H24N2O2S. The SMILES string of the molecule is CCCCN1C(=O)C(C)N(c2ccc(OCc3ccccc3)cc2)C1=S. The molecule has 1 unspecified atom stereocenters. The van der Waals surface area contributed by atoms with Crippen molar-refractivity contribution in [2.24, 2.45) is 0 Å². The van der Waals surface area contributed by atoms with E-state index >= 15 is 0 Å². The third-order valence-corrected chi connectivity index (χ3v) is 4.96. The molecule has 2 aromatic rings. The molecule has 136 valence electrons. The monoisotopic (exact) mass is 368 g/mol. The Labute approximate surface area is 160 Å². The second kappa shape index (κ2) is 8.32. The zero-order valence-corrected chi connectivity index (χ0v) is 16.0. The Morgan fingerprint density at radius 1 is 1.08 bits per heavy atom. The van der Waals surface area contributed by atoms with Gasteiger partial charge >= 0.3 is 0 Å². The van der Waals surface area contributed by atoms with Crippen LogP contribution in [0.15, 0.2) is 54.6 Å². The number of amides is 1. The highest BCUT2D eigenvalue weighted by atomic mass is 32.1. The smallest absolute Gasteiger partial charge is 0.251 e. The number of carbonyl (C=O) groups is 1. The van der Waals surface area contributed by atoms with Gasteiger partial charge in [0, 0.05) is 12.2 Å². The molecule has 3 rings (SSSR count). The predicted molar refractivity (Wildman–Crippen MR) is 108 cm³/mol. The number of nitrogens with zero attached hydrogens (tertiary/aromatic N) is 2. The first-order valence-corrected chi connectivity index (χ1v) is 9.44. The van der Waals surface area contributed by atoms with Crippen molar-refractivity contribution in [3.05, 3.63) is 60.2 Å². The van der Waals surface area contributed by atoms with Crippen molar-refractivity contribution in [2.45, 2.75) is 39.3 Å². The summed E-state index contributed by atoms with van der Waals surface area (Å²) >= 11 is 5.56. The van der Waals surface area contributed by atoms with E-state index in [1.165, 1.54) is 0 Å². The average Bonchev–Trinajstić information content (AvgIpc) is 2.88. The van der Waals surface area contributed by atoms with E-state index in [9.17, 15) is 4.79 Å². The second-order valence-corrected chi connectivity index (χ2v) is 6.81. The molecule has 0 aliphatic carbocycles. The van der Waals surface area contributed by atoms with Crippen LogP contribution in [0.4, 0.5) is 5.69 Å². The van der Waals surface area contributed by atoms with E-state index in [-0.39, 0.29) is 11.9 Å². The lowest BCUT2D eigenvalue weighted by atomic mass is 10.2. The molecule has 1 amide bonds. The predicted octanol–water partition coefficient (Wildman–Crippen LogP) is 4.39. The topological polar surface area (TPSA) is 32.8 Å². The van der Waals surface area contributed by atoms with Crippen LogP contribution in [0.25, 0.3) is 0 Å². The molecule has 1 aliphatic heterocycles. The lowest BCUT2D eigenvalue weighted by Crippen LogP contribution is -2.34. The van der Waals surface area contributed by atoms with E-state index in [0.717, 1.165) is 29.8 Å². The molecule has 1 fully saturated rings. The van der Waals surface area contributed by atoms with E-state index < -0.39 is 0 Å². The van der Waals surface area contributed by atoms with Crippen LogP contribution in [0.1, 0.15) is 32.3 Å². The average molecular weight is 369 g/mol. The van der Waals surface area contributed by atoms with Crippen molar-refractivity contribution in [1.29, 1.82) is 0 Å². The third-order valence-electron chi connectivity index (χ3n) is 4.55. The Kier molecular flexibility index (Phi) is 5.89. The summed E-state index contributed by atoms with van der Waals surface area (Å²) < 4.78 is 5.83. The third kappa shape index (κ3) is 3.88. The minimum absolute atomic E-state index is 0.0767. The maximum atomic E-state index is 12.5. The molecule has 0 radical (unpaired) electrons. The summed E-state index contributed by atoms with van der Waals surface area (Å²) in [6.07, 6.45) is 1.99. The van der Waals surface area contributed by atoms with Crippen molar-refractivity contribution >= 4 is 28.9 Å². The van der Waals surface area contributed by atoms with Crippen molar-refractivity contribution in [3.63, 3.8) is 0 Å². The molecule has 2 aromatic carbocycles. The highest BCUT2D eigenvalue weighted by Gasteiger charge is 2.39. The van der Waals surface area contributed by atoms with Gasteiger partial charge in [0.25, 0.3) is 5.91 Å². The molecule has 4 nitrogen and oxygen atoms in total. The van der Waals surface area contributed by atoms with Gasteiger partial charge in [0.15, 0.2) is 5.11 Å². The summed E-state index contributed by atoms with van der Waals surface area (Å²) in [7, 11) is 0. The maximum absolute atomic E-state index is 12.5. The summed E-state index contributed by atoms with van der Waals surface area (Å²) in [6.45, 7) is 5.23. The molecule has 0 N–H and O–H groups in total. The van der Waals surface area contributed by atoms with Crippen LogP contribution in [0.5, 0.6) is 5.75 Å². The van der Waals surface area contributed by atoms with Gasteiger partial charge in [-0.2, -0.15) is 0 Å². The van der Waals surface area contributed by atoms with Gasteiger partial charge in [0.2, 0.25) is 0 Å². The fourth-order valence-electron chi connectivity index (χ4n) is 3.03. The van der Waals surface area contributed by atoms with Gasteiger partial charge in [0.05, 0.1) is 0 Å². The highest BCUT2D eigenvalue weighted by molar-refractivity contribution is 7.80. The first kappa shape index (κ1) is 18.4. The van der Waals surface area contributed by atoms with Gasteiger partial charge in [-0.1, -0.05) is 43.7 Å². The fraction of sp³-hybridized carbons (Fsp3) is 0.333. The Balaban J connectivity index is 1.68. The van der Waals surface area contributed by atoms with Gasteiger partial charge in [-0.15, -0.1) is 0 Å². The Morgan fingerprint density at radius 2 is 1.77 bits per heavy atom. The van der Waals surface area contributed by atoms with Gasteiger partial charge in [-0.05, 0) is 55.4 Å². The van der Waals surface area contributed by atoms with Gasteiger partial charge in [0.1, 0.15) is 18.4 Å². The normalized spacial score (nSPS) is 17.1. The summed E-state index contributed by atoms with van der Waals surface area (Å²) in [5, 5.41) is 0.592. The van der Waals surface area contributed by atoms with Crippen molar-refractivity contribution in [3.8, 4) is 5.75 Å². The summed E-state index contributed by atoms with van der Waals surface area (Å²) in [6, 6.07) is 17.6. The zero-order valence-electron chi connectivity index (χ0n) is 15.2. The molecule has 1 heterocycles. The number of unbranched alkanes of at least 4 members (excludes halogenated alkanes) is 1. The second-order valence-electron chi connectivity index (χ2n) is 6.44. The molecule has 0 bridgehead atoms. The van der Waals surface area contributed by atoms with Gasteiger partial charge in [-0.25, -0.2) is 0 Å². The van der Waals surface area contributed by atoms with Gasteiger partial charge in [-0.3, -0.25) is 9.69 Å². The number of thiocarbonyl (C=S) groups is 1. The Bertz CT molecular complexity index is 761. The van der Waals surface area contributed by atoms with E-state index in [2.05, 4.69) is 6.92 Å². The molecule has 1 aliphatic rings. The van der Waals surface area contributed by atoms with Crippen LogP contribution < -0.4 is 9.64 Å². The Hall–Kier alpha value is -2.40. The van der Waals surface area contributed by atoms with Crippen molar-refractivity contribution in [2.75, 3.05) is 11.4 Å². The number of rotatable bonds is 7. The Morgan fingerprint density at radius 3 is 2.42 bits per heavy atom. The van der Waals surface area contributed by atoms with Crippen molar-refractivity contribution < 1.29 is 9.53 Å². The first-order valence-electron chi connectivity index (χ1n) is 9.03. The molecule has 0 spiro atoms. The fourth-order valence-corrected chi connectivity index (χ4v) is 3.47. The number of hydrogen-bond acceptors (Lipinski definition) is 3. The van der Waals surface area contributed by atoms with E-state index in [1.54, 1.807) is 4.90 Å². The molecule has 0 aromatic heterocycles.